The first kappa shape index (κ1) is 5.68. The number of fused-ring (bicyclic) bond motifs is 1. The molecule has 0 unspecified atom stereocenters. The number of thiophene rings is 1. The number of aromatic nitrogens is 1. The minimum Gasteiger partial charge on any atom is -0.506 e. The van der Waals surface area contributed by atoms with Crippen LogP contribution in [-0.2, 0) is 0 Å². The molecule has 50 valence electrons. The highest BCUT2D eigenvalue weighted by Gasteiger charge is 1.98. The molecule has 2 heterocycles. The van der Waals surface area contributed by atoms with E-state index in [1.807, 2.05) is 6.07 Å². The first-order valence-electron chi connectivity index (χ1n) is 2.88. The van der Waals surface area contributed by atoms with Gasteiger partial charge in [-0.1, -0.05) is 0 Å². The third kappa shape index (κ3) is 0.675. The molecule has 0 fully saturated rings. The Morgan fingerprint density at radius 3 is 3.20 bits per heavy atom. The third-order valence-electron chi connectivity index (χ3n) is 1.35. The van der Waals surface area contributed by atoms with Crippen molar-refractivity contribution in [2.45, 2.75) is 0 Å². The lowest BCUT2D eigenvalue weighted by atomic mass is 10.3. The van der Waals surface area contributed by atoms with E-state index in [0.717, 1.165) is 10.1 Å². The summed E-state index contributed by atoms with van der Waals surface area (Å²) in [5.41, 5.74) is 0. The fourth-order valence-electron chi connectivity index (χ4n) is 0.860. The molecule has 2 nitrogen and oxygen atoms in total. The monoisotopic (exact) mass is 151 g/mol. The molecule has 2 rings (SSSR count). The van der Waals surface area contributed by atoms with E-state index in [1.54, 1.807) is 17.8 Å². The molecule has 0 saturated heterocycles. The van der Waals surface area contributed by atoms with Crippen molar-refractivity contribution in [1.29, 1.82) is 0 Å². The number of pyridine rings is 1. The van der Waals surface area contributed by atoms with Crippen molar-refractivity contribution in [1.82, 2.24) is 4.98 Å². The lowest BCUT2D eigenvalue weighted by Crippen LogP contribution is -1.66. The Morgan fingerprint density at radius 2 is 2.40 bits per heavy atom. The van der Waals surface area contributed by atoms with Gasteiger partial charge in [0.05, 0.1) is 5.39 Å². The molecule has 2 aromatic rings. The number of aromatic hydroxyl groups is 1. The zero-order valence-corrected chi connectivity index (χ0v) is 5.93. The third-order valence-corrected chi connectivity index (χ3v) is 2.31. The molecule has 0 aliphatic rings. The van der Waals surface area contributed by atoms with Gasteiger partial charge in [0, 0.05) is 22.5 Å². The maximum atomic E-state index is 9.18. The quantitative estimate of drug-likeness (QED) is 0.624. The van der Waals surface area contributed by atoms with E-state index in [4.69, 9.17) is 0 Å². The van der Waals surface area contributed by atoms with E-state index >= 15 is 0 Å². The SMILES string of the molecule is Oc1csc2ccncc12. The normalized spacial score (nSPS) is 10.4. The van der Waals surface area contributed by atoms with Gasteiger partial charge < -0.3 is 5.11 Å². The largest absolute Gasteiger partial charge is 0.506 e. The van der Waals surface area contributed by atoms with Crippen LogP contribution in [0.5, 0.6) is 5.75 Å². The second kappa shape index (κ2) is 1.95. The van der Waals surface area contributed by atoms with Crippen LogP contribution < -0.4 is 0 Å². The molecule has 3 heteroatoms. The van der Waals surface area contributed by atoms with Crippen LogP contribution in [0.3, 0.4) is 0 Å². The highest BCUT2D eigenvalue weighted by atomic mass is 32.1. The van der Waals surface area contributed by atoms with Gasteiger partial charge >= 0.3 is 0 Å². The van der Waals surface area contributed by atoms with Crippen molar-refractivity contribution in [3.05, 3.63) is 23.8 Å². The Balaban J connectivity index is 2.93. The fourth-order valence-corrected chi connectivity index (χ4v) is 1.65. The molecule has 0 aliphatic heterocycles. The lowest BCUT2D eigenvalue weighted by Gasteiger charge is -1.85. The van der Waals surface area contributed by atoms with E-state index in [0.29, 0.717) is 5.75 Å². The van der Waals surface area contributed by atoms with Crippen LogP contribution in [0.4, 0.5) is 0 Å². The molecule has 0 amide bonds. The van der Waals surface area contributed by atoms with Crippen LogP contribution in [0, 0.1) is 0 Å². The van der Waals surface area contributed by atoms with Crippen molar-refractivity contribution in [3.8, 4) is 5.75 Å². The fraction of sp³-hybridized carbons (Fsp3) is 0. The Hall–Kier alpha value is -1.09. The maximum Gasteiger partial charge on any atom is 0.135 e. The highest BCUT2D eigenvalue weighted by Crippen LogP contribution is 2.29. The molecule has 0 aromatic carbocycles. The molecule has 2 aromatic heterocycles. The number of hydrogen-bond donors (Lipinski definition) is 1. The second-order valence-corrected chi connectivity index (χ2v) is 2.90. The van der Waals surface area contributed by atoms with E-state index < -0.39 is 0 Å². The highest BCUT2D eigenvalue weighted by molar-refractivity contribution is 7.17. The van der Waals surface area contributed by atoms with Gasteiger partial charge in [-0.05, 0) is 6.07 Å². The summed E-state index contributed by atoms with van der Waals surface area (Å²) >= 11 is 1.52. The number of nitrogens with zero attached hydrogens (tertiary/aromatic N) is 1. The Kier molecular flexibility index (Phi) is 1.11. The van der Waals surface area contributed by atoms with Crippen LogP contribution >= 0.6 is 11.3 Å². The molecule has 0 bridgehead atoms. The van der Waals surface area contributed by atoms with Gasteiger partial charge in [-0.15, -0.1) is 11.3 Å². The van der Waals surface area contributed by atoms with Gasteiger partial charge in [-0.25, -0.2) is 0 Å². The second-order valence-electron chi connectivity index (χ2n) is 1.99. The van der Waals surface area contributed by atoms with Gasteiger partial charge in [0.1, 0.15) is 5.75 Å². The Bertz CT molecular complexity index is 355. The Morgan fingerprint density at radius 1 is 1.50 bits per heavy atom. The van der Waals surface area contributed by atoms with Crippen LogP contribution in [0.15, 0.2) is 23.8 Å². The molecule has 1 N–H and O–H groups in total. The molecule has 0 saturated carbocycles. The molecular weight excluding hydrogens is 146 g/mol. The van der Waals surface area contributed by atoms with Crippen molar-refractivity contribution in [3.63, 3.8) is 0 Å². The zero-order chi connectivity index (χ0) is 6.97. The predicted molar refractivity (Wildman–Crippen MR) is 41.3 cm³/mol. The molecule has 0 aliphatic carbocycles. The van der Waals surface area contributed by atoms with Crippen molar-refractivity contribution in [2.24, 2.45) is 0 Å². The van der Waals surface area contributed by atoms with Crippen LogP contribution in [-0.4, -0.2) is 10.1 Å². The van der Waals surface area contributed by atoms with Gasteiger partial charge in [0.2, 0.25) is 0 Å². The van der Waals surface area contributed by atoms with Crippen molar-refractivity contribution >= 4 is 21.4 Å². The molecular formula is C7H5NOS. The summed E-state index contributed by atoms with van der Waals surface area (Å²) in [6.45, 7) is 0. The summed E-state index contributed by atoms with van der Waals surface area (Å²) in [5, 5.41) is 11.7. The van der Waals surface area contributed by atoms with E-state index in [1.165, 1.54) is 11.3 Å². The first-order valence-corrected chi connectivity index (χ1v) is 3.76. The number of hydrogen-bond acceptors (Lipinski definition) is 3. The van der Waals surface area contributed by atoms with Crippen LogP contribution in [0.1, 0.15) is 0 Å². The summed E-state index contributed by atoms with van der Waals surface area (Å²) in [6, 6.07) is 1.89. The summed E-state index contributed by atoms with van der Waals surface area (Å²) in [5.74, 6) is 0.327. The average Bonchev–Trinajstić information content (AvgIpc) is 2.34. The maximum absolute atomic E-state index is 9.18. The van der Waals surface area contributed by atoms with Gasteiger partial charge in [0.15, 0.2) is 0 Å². The summed E-state index contributed by atoms with van der Waals surface area (Å²) in [4.78, 5) is 3.89. The van der Waals surface area contributed by atoms with Crippen LogP contribution in [0.2, 0.25) is 0 Å². The molecule has 0 spiro atoms. The molecule has 10 heavy (non-hydrogen) atoms. The van der Waals surface area contributed by atoms with Gasteiger partial charge in [-0.3, -0.25) is 4.98 Å². The molecule has 0 atom stereocenters. The lowest BCUT2D eigenvalue weighted by molar-refractivity contribution is 0.483. The average molecular weight is 151 g/mol. The summed E-state index contributed by atoms with van der Waals surface area (Å²) in [7, 11) is 0. The van der Waals surface area contributed by atoms with Crippen molar-refractivity contribution in [2.75, 3.05) is 0 Å². The first-order chi connectivity index (χ1) is 4.88. The topological polar surface area (TPSA) is 33.1 Å². The minimum absolute atomic E-state index is 0.327. The number of rotatable bonds is 0. The summed E-state index contributed by atoms with van der Waals surface area (Å²) < 4.78 is 1.08. The Labute approximate surface area is 61.8 Å². The van der Waals surface area contributed by atoms with Gasteiger partial charge in [-0.2, -0.15) is 0 Å². The molecule has 0 radical (unpaired) electrons. The van der Waals surface area contributed by atoms with Crippen LogP contribution in [0.25, 0.3) is 10.1 Å². The standard InChI is InChI=1S/C7H5NOS/c9-6-4-10-7-1-2-8-3-5(6)7/h1-4,9H. The summed E-state index contributed by atoms with van der Waals surface area (Å²) in [6.07, 6.45) is 3.39. The predicted octanol–water partition coefficient (Wildman–Crippen LogP) is 2.00. The van der Waals surface area contributed by atoms with Gasteiger partial charge in [0.25, 0.3) is 0 Å². The van der Waals surface area contributed by atoms with E-state index in [9.17, 15) is 5.11 Å². The minimum atomic E-state index is 0.327. The smallest absolute Gasteiger partial charge is 0.135 e. The van der Waals surface area contributed by atoms with E-state index in [2.05, 4.69) is 4.98 Å². The van der Waals surface area contributed by atoms with E-state index in [-0.39, 0.29) is 0 Å². The zero-order valence-electron chi connectivity index (χ0n) is 5.11. The van der Waals surface area contributed by atoms with Crippen molar-refractivity contribution < 1.29 is 5.11 Å².